The lowest BCUT2D eigenvalue weighted by atomic mass is 10.2. The number of allylic oxidation sites excluding steroid dienone is 4. The molecule has 16 heavy (non-hydrogen) atoms. The molecule has 2 nitrogen and oxygen atoms in total. The zero-order valence-electron chi connectivity index (χ0n) is 8.49. The summed E-state index contributed by atoms with van der Waals surface area (Å²) in [6.45, 7) is -0.311. The van der Waals surface area contributed by atoms with Gasteiger partial charge in [-0.3, -0.25) is 4.79 Å². The molecule has 0 fully saturated rings. The van der Waals surface area contributed by atoms with E-state index in [4.69, 9.17) is 0 Å². The molecule has 0 aromatic rings. The van der Waals surface area contributed by atoms with Crippen LogP contribution in [0.5, 0.6) is 0 Å². The highest BCUT2D eigenvalue weighted by Crippen LogP contribution is 2.26. The van der Waals surface area contributed by atoms with Gasteiger partial charge in [0, 0.05) is 6.92 Å². The first-order valence-electron chi connectivity index (χ1n) is 4.13. The van der Waals surface area contributed by atoms with E-state index in [2.05, 4.69) is 4.74 Å². The van der Waals surface area contributed by atoms with Crippen molar-refractivity contribution < 1.29 is 31.5 Å². The number of carbonyl (C=O) groups excluding carboxylic acids is 1. The average Bonchev–Trinajstić information content (AvgIpc) is 2.22. The third-order valence-corrected chi connectivity index (χ3v) is 1.38. The third kappa shape index (κ3) is 4.00. The van der Waals surface area contributed by atoms with Crippen molar-refractivity contribution in [2.24, 2.45) is 0 Å². The number of hydrogen-bond donors (Lipinski definition) is 0. The smallest absolute Gasteiger partial charge is 0.307 e. The molecule has 0 aromatic heterocycles. The van der Waals surface area contributed by atoms with Crippen LogP contribution in [0.1, 0.15) is 13.8 Å². The Morgan fingerprint density at radius 2 is 1.75 bits per heavy atom. The molecule has 0 amide bonds. The number of esters is 1. The topological polar surface area (TPSA) is 26.3 Å². The van der Waals surface area contributed by atoms with Gasteiger partial charge in [0.15, 0.2) is 23.6 Å². The molecule has 7 heteroatoms. The standard InChI is InChI=1S/C9H9F5O2/c1-4(11)9(16-5(2)15)8(14)7(13)6(12)3-10/h4H,3H2,1-2H3/b7-6-,9-8-. The fraction of sp³-hybridized carbons (Fsp3) is 0.444. The summed E-state index contributed by atoms with van der Waals surface area (Å²) in [5, 5.41) is 0. The number of ether oxygens (including phenoxy) is 1. The summed E-state index contributed by atoms with van der Waals surface area (Å²) in [6.07, 6.45) is -2.18. The van der Waals surface area contributed by atoms with Crippen LogP contribution in [0.4, 0.5) is 22.0 Å². The average molecular weight is 244 g/mol. The molecule has 0 heterocycles. The fourth-order valence-electron chi connectivity index (χ4n) is 0.741. The van der Waals surface area contributed by atoms with E-state index in [0.29, 0.717) is 0 Å². The molecule has 0 aliphatic carbocycles. The largest absolute Gasteiger partial charge is 0.425 e. The first-order valence-corrected chi connectivity index (χ1v) is 4.13. The lowest BCUT2D eigenvalue weighted by Gasteiger charge is -2.09. The molecule has 0 bridgehead atoms. The van der Waals surface area contributed by atoms with Gasteiger partial charge in [-0.15, -0.1) is 0 Å². The normalized spacial score (nSPS) is 16.2. The van der Waals surface area contributed by atoms with Crippen LogP contribution in [0.3, 0.4) is 0 Å². The minimum Gasteiger partial charge on any atom is -0.425 e. The van der Waals surface area contributed by atoms with Crippen molar-refractivity contribution in [1.82, 2.24) is 0 Å². The predicted octanol–water partition coefficient (Wildman–Crippen LogP) is 3.21. The number of rotatable bonds is 4. The van der Waals surface area contributed by atoms with E-state index in [9.17, 15) is 26.7 Å². The first-order chi connectivity index (χ1) is 7.31. The van der Waals surface area contributed by atoms with Crippen molar-refractivity contribution in [3.05, 3.63) is 23.2 Å². The van der Waals surface area contributed by atoms with Crippen molar-refractivity contribution >= 4 is 5.97 Å². The molecule has 92 valence electrons. The van der Waals surface area contributed by atoms with Crippen molar-refractivity contribution in [2.75, 3.05) is 6.67 Å². The number of hydrogen-bond acceptors (Lipinski definition) is 2. The van der Waals surface area contributed by atoms with Gasteiger partial charge < -0.3 is 4.74 Å². The van der Waals surface area contributed by atoms with E-state index in [0.717, 1.165) is 13.8 Å². The van der Waals surface area contributed by atoms with Crippen molar-refractivity contribution in [1.29, 1.82) is 0 Å². The van der Waals surface area contributed by atoms with E-state index >= 15 is 0 Å². The van der Waals surface area contributed by atoms with Crippen LogP contribution in [0, 0.1) is 0 Å². The van der Waals surface area contributed by atoms with E-state index in [1.807, 2.05) is 0 Å². The Kier molecular flexibility index (Phi) is 5.69. The van der Waals surface area contributed by atoms with Crippen molar-refractivity contribution in [3.63, 3.8) is 0 Å². The highest BCUT2D eigenvalue weighted by Gasteiger charge is 2.23. The first kappa shape index (κ1) is 14.6. The molecule has 1 unspecified atom stereocenters. The van der Waals surface area contributed by atoms with Crippen LogP contribution in [-0.2, 0) is 9.53 Å². The Labute approximate surface area is 88.4 Å². The van der Waals surface area contributed by atoms with Crippen molar-refractivity contribution in [3.8, 4) is 0 Å². The Morgan fingerprint density at radius 1 is 1.25 bits per heavy atom. The Balaban J connectivity index is 5.35. The van der Waals surface area contributed by atoms with E-state index in [-0.39, 0.29) is 0 Å². The van der Waals surface area contributed by atoms with Gasteiger partial charge in [-0.2, -0.15) is 4.39 Å². The predicted molar refractivity (Wildman–Crippen MR) is 45.7 cm³/mol. The van der Waals surface area contributed by atoms with E-state index in [1.54, 1.807) is 0 Å². The molecule has 1 atom stereocenters. The summed E-state index contributed by atoms with van der Waals surface area (Å²) in [6, 6.07) is 0. The molecule has 0 saturated carbocycles. The highest BCUT2D eigenvalue weighted by atomic mass is 19.2. The minimum atomic E-state index is -2.22. The Hall–Kier alpha value is -1.40. The van der Waals surface area contributed by atoms with Gasteiger partial charge in [0.2, 0.25) is 5.83 Å². The summed E-state index contributed by atoms with van der Waals surface area (Å²) in [5.74, 6) is -8.76. The second-order valence-electron chi connectivity index (χ2n) is 2.74. The summed E-state index contributed by atoms with van der Waals surface area (Å²) in [4.78, 5) is 10.4. The maximum Gasteiger partial charge on any atom is 0.307 e. The molecule has 0 saturated heterocycles. The molecule has 0 aliphatic rings. The van der Waals surface area contributed by atoms with Gasteiger partial charge in [-0.1, -0.05) is 0 Å². The zero-order valence-corrected chi connectivity index (χ0v) is 8.49. The van der Waals surface area contributed by atoms with Crippen LogP contribution in [0.2, 0.25) is 0 Å². The maximum absolute atomic E-state index is 13.0. The molecule has 0 rings (SSSR count). The lowest BCUT2D eigenvalue weighted by Crippen LogP contribution is -2.10. The second kappa shape index (κ2) is 6.24. The van der Waals surface area contributed by atoms with Crippen LogP contribution in [0.15, 0.2) is 23.2 Å². The van der Waals surface area contributed by atoms with E-state index < -0.39 is 42.1 Å². The summed E-state index contributed by atoms with van der Waals surface area (Å²) < 4.78 is 66.5. The summed E-state index contributed by atoms with van der Waals surface area (Å²) in [7, 11) is 0. The van der Waals surface area contributed by atoms with Crippen LogP contribution < -0.4 is 0 Å². The van der Waals surface area contributed by atoms with Gasteiger partial charge >= 0.3 is 5.97 Å². The lowest BCUT2D eigenvalue weighted by molar-refractivity contribution is -0.138. The Morgan fingerprint density at radius 3 is 2.06 bits per heavy atom. The van der Waals surface area contributed by atoms with Crippen LogP contribution >= 0.6 is 0 Å². The Bertz CT molecular complexity index is 333. The molecule has 0 aromatic carbocycles. The van der Waals surface area contributed by atoms with Gasteiger partial charge in [-0.05, 0) is 6.92 Å². The van der Waals surface area contributed by atoms with Gasteiger partial charge in [-0.25, -0.2) is 17.6 Å². The van der Waals surface area contributed by atoms with Crippen LogP contribution in [-0.4, -0.2) is 18.8 Å². The summed E-state index contributed by atoms with van der Waals surface area (Å²) in [5.41, 5.74) is 0. The molecule has 0 radical (unpaired) electrons. The molecule has 0 N–H and O–H groups in total. The fourth-order valence-corrected chi connectivity index (χ4v) is 0.741. The number of halogens is 5. The SMILES string of the molecule is CC(=O)O/C(=C(F)/C(F)=C(/F)CF)C(C)F. The molecule has 0 aliphatic heterocycles. The minimum absolute atomic E-state index is 0.748. The highest BCUT2D eigenvalue weighted by molar-refractivity contribution is 5.67. The van der Waals surface area contributed by atoms with Gasteiger partial charge in [0.1, 0.15) is 6.67 Å². The molecule has 0 spiro atoms. The zero-order chi connectivity index (χ0) is 12.9. The molecular weight excluding hydrogens is 235 g/mol. The number of alkyl halides is 2. The van der Waals surface area contributed by atoms with Crippen molar-refractivity contribution in [2.45, 2.75) is 20.0 Å². The van der Waals surface area contributed by atoms with E-state index in [1.165, 1.54) is 0 Å². The summed E-state index contributed by atoms with van der Waals surface area (Å²) >= 11 is 0. The monoisotopic (exact) mass is 244 g/mol. The van der Waals surface area contributed by atoms with Gasteiger partial charge in [0.25, 0.3) is 0 Å². The third-order valence-electron chi connectivity index (χ3n) is 1.38. The van der Waals surface area contributed by atoms with Gasteiger partial charge in [0.05, 0.1) is 0 Å². The maximum atomic E-state index is 13.0. The quantitative estimate of drug-likeness (QED) is 0.328. The number of carbonyl (C=O) groups is 1. The second-order valence-corrected chi connectivity index (χ2v) is 2.74. The molecular formula is C9H9F5O2. The van der Waals surface area contributed by atoms with Crippen LogP contribution in [0.25, 0.3) is 0 Å².